The highest BCUT2D eigenvalue weighted by Gasteiger charge is 2.24. The number of halogens is 1. The standard InChI is InChI=1S/C13H17FN2/c1-8-6-7-9-10(11(8)14)12(13(2,3)4)15-16(9)5/h6-7H,1-5H3. The highest BCUT2D eigenvalue weighted by Crippen LogP contribution is 2.31. The summed E-state index contributed by atoms with van der Waals surface area (Å²) in [5.41, 5.74) is 2.21. The third-order valence-corrected chi connectivity index (χ3v) is 2.86. The number of aryl methyl sites for hydroxylation is 2. The van der Waals surface area contributed by atoms with Crippen molar-refractivity contribution in [3.05, 3.63) is 29.2 Å². The molecule has 1 heterocycles. The van der Waals surface area contributed by atoms with E-state index in [1.54, 1.807) is 17.7 Å². The number of nitrogens with zero attached hydrogens (tertiary/aromatic N) is 2. The fraction of sp³-hybridized carbons (Fsp3) is 0.462. The molecule has 0 aliphatic carbocycles. The Kier molecular flexibility index (Phi) is 2.30. The molecule has 3 heteroatoms. The number of benzene rings is 1. The minimum Gasteiger partial charge on any atom is -0.268 e. The molecule has 0 saturated heterocycles. The maximum atomic E-state index is 14.1. The fourth-order valence-electron chi connectivity index (χ4n) is 1.94. The topological polar surface area (TPSA) is 17.8 Å². The van der Waals surface area contributed by atoms with Crippen LogP contribution in [0.2, 0.25) is 0 Å². The van der Waals surface area contributed by atoms with Gasteiger partial charge in [0.1, 0.15) is 5.82 Å². The minimum absolute atomic E-state index is 0.143. The van der Waals surface area contributed by atoms with E-state index in [4.69, 9.17) is 0 Å². The molecular formula is C13H17FN2. The van der Waals surface area contributed by atoms with Crippen molar-refractivity contribution in [3.63, 3.8) is 0 Å². The van der Waals surface area contributed by atoms with Gasteiger partial charge >= 0.3 is 0 Å². The Morgan fingerprint density at radius 1 is 1.25 bits per heavy atom. The van der Waals surface area contributed by atoms with Crippen LogP contribution in [0.15, 0.2) is 12.1 Å². The molecule has 0 N–H and O–H groups in total. The molecule has 86 valence electrons. The Morgan fingerprint density at radius 2 is 1.88 bits per heavy atom. The molecule has 0 amide bonds. The van der Waals surface area contributed by atoms with E-state index in [9.17, 15) is 4.39 Å². The molecule has 2 rings (SSSR count). The van der Waals surface area contributed by atoms with Crippen molar-refractivity contribution in [3.8, 4) is 0 Å². The number of aromatic nitrogens is 2. The molecule has 0 aliphatic heterocycles. The highest BCUT2D eigenvalue weighted by atomic mass is 19.1. The molecule has 1 aromatic heterocycles. The van der Waals surface area contributed by atoms with E-state index in [2.05, 4.69) is 25.9 Å². The van der Waals surface area contributed by atoms with Gasteiger partial charge in [0.25, 0.3) is 0 Å². The summed E-state index contributed by atoms with van der Waals surface area (Å²) < 4.78 is 15.9. The molecule has 2 aromatic rings. The molecule has 0 saturated carbocycles. The summed E-state index contributed by atoms with van der Waals surface area (Å²) in [6.45, 7) is 7.94. The lowest BCUT2D eigenvalue weighted by Crippen LogP contribution is -2.13. The molecule has 0 spiro atoms. The second-order valence-electron chi connectivity index (χ2n) is 5.31. The van der Waals surface area contributed by atoms with Crippen molar-refractivity contribution < 1.29 is 4.39 Å². The molecule has 0 radical (unpaired) electrons. The van der Waals surface area contributed by atoms with Gasteiger partial charge in [-0.15, -0.1) is 0 Å². The molecule has 1 aromatic carbocycles. The normalized spacial score (nSPS) is 12.4. The van der Waals surface area contributed by atoms with Crippen molar-refractivity contribution in [1.82, 2.24) is 9.78 Å². The summed E-state index contributed by atoms with van der Waals surface area (Å²) in [4.78, 5) is 0. The second kappa shape index (κ2) is 3.30. The average molecular weight is 220 g/mol. The Labute approximate surface area is 95.1 Å². The van der Waals surface area contributed by atoms with Gasteiger partial charge in [-0.1, -0.05) is 26.8 Å². The van der Waals surface area contributed by atoms with E-state index in [1.807, 2.05) is 13.1 Å². The SMILES string of the molecule is Cc1ccc2c(c(C(C)(C)C)nn2C)c1F. The Bertz CT molecular complexity index is 547. The van der Waals surface area contributed by atoms with Crippen LogP contribution in [-0.2, 0) is 12.5 Å². The van der Waals surface area contributed by atoms with Crippen molar-refractivity contribution >= 4 is 10.9 Å². The van der Waals surface area contributed by atoms with Crippen LogP contribution in [0.25, 0.3) is 10.9 Å². The molecule has 0 fully saturated rings. The summed E-state index contributed by atoms with van der Waals surface area (Å²) >= 11 is 0. The van der Waals surface area contributed by atoms with Crippen LogP contribution < -0.4 is 0 Å². The first-order chi connectivity index (χ1) is 7.32. The van der Waals surface area contributed by atoms with Gasteiger partial charge < -0.3 is 0 Å². The van der Waals surface area contributed by atoms with Crippen molar-refractivity contribution in [2.45, 2.75) is 33.1 Å². The van der Waals surface area contributed by atoms with Gasteiger partial charge in [0.2, 0.25) is 0 Å². The number of hydrogen-bond donors (Lipinski definition) is 0. The number of hydrogen-bond acceptors (Lipinski definition) is 1. The zero-order valence-electron chi connectivity index (χ0n) is 10.4. The first kappa shape index (κ1) is 11.1. The lowest BCUT2D eigenvalue weighted by Gasteiger charge is -2.15. The van der Waals surface area contributed by atoms with Crippen LogP contribution in [-0.4, -0.2) is 9.78 Å². The zero-order chi connectivity index (χ0) is 12.1. The predicted molar refractivity (Wildman–Crippen MR) is 64.1 cm³/mol. The number of rotatable bonds is 0. The molecule has 0 unspecified atom stereocenters. The van der Waals surface area contributed by atoms with Gasteiger partial charge in [-0.25, -0.2) is 4.39 Å². The average Bonchev–Trinajstić information content (AvgIpc) is 2.50. The second-order valence-corrected chi connectivity index (χ2v) is 5.31. The van der Waals surface area contributed by atoms with E-state index in [0.717, 1.165) is 11.2 Å². The van der Waals surface area contributed by atoms with Crippen LogP contribution in [0, 0.1) is 12.7 Å². The maximum Gasteiger partial charge on any atom is 0.137 e. The van der Waals surface area contributed by atoms with Crippen LogP contribution in [0.5, 0.6) is 0 Å². The Balaban J connectivity index is 2.92. The van der Waals surface area contributed by atoms with Crippen LogP contribution in [0.4, 0.5) is 4.39 Å². The quantitative estimate of drug-likeness (QED) is 0.666. The van der Waals surface area contributed by atoms with Gasteiger partial charge in [-0.3, -0.25) is 4.68 Å². The summed E-state index contributed by atoms with van der Waals surface area (Å²) in [5.74, 6) is -0.143. The van der Waals surface area contributed by atoms with E-state index >= 15 is 0 Å². The molecular weight excluding hydrogens is 203 g/mol. The Morgan fingerprint density at radius 3 is 2.44 bits per heavy atom. The molecule has 16 heavy (non-hydrogen) atoms. The molecule has 0 atom stereocenters. The highest BCUT2D eigenvalue weighted by molar-refractivity contribution is 5.84. The summed E-state index contributed by atoms with van der Waals surface area (Å²) in [5, 5.41) is 5.10. The number of fused-ring (bicyclic) bond motifs is 1. The van der Waals surface area contributed by atoms with E-state index in [-0.39, 0.29) is 11.2 Å². The predicted octanol–water partition coefficient (Wildman–Crippen LogP) is 3.32. The smallest absolute Gasteiger partial charge is 0.137 e. The van der Waals surface area contributed by atoms with Crippen LogP contribution in [0.1, 0.15) is 32.0 Å². The van der Waals surface area contributed by atoms with Gasteiger partial charge in [0.15, 0.2) is 0 Å². The Hall–Kier alpha value is -1.38. The van der Waals surface area contributed by atoms with E-state index < -0.39 is 0 Å². The first-order valence-corrected chi connectivity index (χ1v) is 5.44. The van der Waals surface area contributed by atoms with Gasteiger partial charge in [0, 0.05) is 12.5 Å². The van der Waals surface area contributed by atoms with Crippen molar-refractivity contribution in [1.29, 1.82) is 0 Å². The molecule has 0 bridgehead atoms. The summed E-state index contributed by atoms with van der Waals surface area (Å²) in [6.07, 6.45) is 0. The van der Waals surface area contributed by atoms with E-state index in [1.165, 1.54) is 0 Å². The van der Waals surface area contributed by atoms with Crippen molar-refractivity contribution in [2.24, 2.45) is 7.05 Å². The summed E-state index contributed by atoms with van der Waals surface area (Å²) in [7, 11) is 1.85. The molecule has 0 aliphatic rings. The monoisotopic (exact) mass is 220 g/mol. The zero-order valence-corrected chi connectivity index (χ0v) is 10.4. The van der Waals surface area contributed by atoms with Crippen LogP contribution in [0.3, 0.4) is 0 Å². The fourth-order valence-corrected chi connectivity index (χ4v) is 1.94. The van der Waals surface area contributed by atoms with Crippen molar-refractivity contribution in [2.75, 3.05) is 0 Å². The largest absolute Gasteiger partial charge is 0.268 e. The van der Waals surface area contributed by atoms with Gasteiger partial charge in [0.05, 0.1) is 16.6 Å². The lowest BCUT2D eigenvalue weighted by atomic mass is 9.89. The third kappa shape index (κ3) is 1.51. The molecule has 2 nitrogen and oxygen atoms in total. The van der Waals surface area contributed by atoms with Gasteiger partial charge in [-0.05, 0) is 18.6 Å². The third-order valence-electron chi connectivity index (χ3n) is 2.86. The maximum absolute atomic E-state index is 14.1. The summed E-state index contributed by atoms with van der Waals surface area (Å²) in [6, 6.07) is 3.72. The van der Waals surface area contributed by atoms with Gasteiger partial charge in [-0.2, -0.15) is 5.10 Å². The minimum atomic E-state index is -0.145. The van der Waals surface area contributed by atoms with Crippen LogP contribution >= 0.6 is 0 Å². The first-order valence-electron chi connectivity index (χ1n) is 5.44. The lowest BCUT2D eigenvalue weighted by molar-refractivity contribution is 0.553. The van der Waals surface area contributed by atoms with E-state index in [0.29, 0.717) is 10.9 Å².